The highest BCUT2D eigenvalue weighted by Crippen LogP contribution is 2.33. The maximum atomic E-state index is 12.9. The van der Waals surface area contributed by atoms with E-state index in [4.69, 9.17) is 0 Å². The molecule has 1 aromatic heterocycles. The van der Waals surface area contributed by atoms with Crippen LogP contribution in [0.3, 0.4) is 0 Å². The Morgan fingerprint density at radius 1 is 1.11 bits per heavy atom. The van der Waals surface area contributed by atoms with Crippen molar-refractivity contribution in [3.63, 3.8) is 0 Å². The highest BCUT2D eigenvalue weighted by molar-refractivity contribution is 5.79. The predicted molar refractivity (Wildman–Crippen MR) is 102 cm³/mol. The van der Waals surface area contributed by atoms with Crippen molar-refractivity contribution >= 4 is 17.6 Å². The first-order valence-electron chi connectivity index (χ1n) is 9.60. The van der Waals surface area contributed by atoms with Gasteiger partial charge in [-0.05, 0) is 31.4 Å². The van der Waals surface area contributed by atoms with Gasteiger partial charge in [-0.1, -0.05) is 13.8 Å². The summed E-state index contributed by atoms with van der Waals surface area (Å²) in [6.07, 6.45) is -0.468. The molecular formula is C19H29F3N4O2. The SMILES string of the molecule is CCCN(CCC)C(=O)CCCC(=O)NCCNc1ncccc1C(F)(F)F. The molecule has 6 nitrogen and oxygen atoms in total. The second kappa shape index (κ2) is 12.2. The van der Waals surface area contributed by atoms with E-state index < -0.39 is 11.7 Å². The first-order valence-corrected chi connectivity index (χ1v) is 9.60. The zero-order valence-corrected chi connectivity index (χ0v) is 16.4. The minimum atomic E-state index is -4.49. The number of nitrogens with zero attached hydrogens (tertiary/aromatic N) is 2. The average molecular weight is 402 g/mol. The minimum absolute atomic E-state index is 0.0491. The molecule has 0 fully saturated rings. The maximum Gasteiger partial charge on any atom is 0.419 e. The summed E-state index contributed by atoms with van der Waals surface area (Å²) in [5, 5.41) is 5.21. The van der Waals surface area contributed by atoms with Crippen molar-refractivity contribution < 1.29 is 22.8 Å². The van der Waals surface area contributed by atoms with E-state index in [1.807, 2.05) is 18.7 Å². The van der Waals surface area contributed by atoms with Gasteiger partial charge in [0.2, 0.25) is 11.8 Å². The Bertz CT molecular complexity index is 617. The number of pyridine rings is 1. The molecule has 0 saturated carbocycles. The Morgan fingerprint density at radius 2 is 1.79 bits per heavy atom. The zero-order chi connectivity index (χ0) is 21.0. The number of halogens is 3. The van der Waals surface area contributed by atoms with Crippen LogP contribution in [0.15, 0.2) is 18.3 Å². The Balaban J connectivity index is 2.29. The van der Waals surface area contributed by atoms with E-state index >= 15 is 0 Å². The maximum absolute atomic E-state index is 12.9. The van der Waals surface area contributed by atoms with Gasteiger partial charge in [0, 0.05) is 45.2 Å². The molecule has 1 aromatic rings. The Hall–Kier alpha value is -2.32. The minimum Gasteiger partial charge on any atom is -0.368 e. The fraction of sp³-hybridized carbons (Fsp3) is 0.632. The summed E-state index contributed by atoms with van der Waals surface area (Å²) in [5.41, 5.74) is -0.844. The number of hydrogen-bond donors (Lipinski definition) is 2. The smallest absolute Gasteiger partial charge is 0.368 e. The number of rotatable bonds is 12. The number of anilines is 1. The molecule has 0 atom stereocenters. The molecule has 0 unspecified atom stereocenters. The van der Waals surface area contributed by atoms with Crippen LogP contribution in [-0.4, -0.2) is 47.9 Å². The lowest BCUT2D eigenvalue weighted by molar-refractivity contribution is -0.137. The Kier molecular flexibility index (Phi) is 10.3. The van der Waals surface area contributed by atoms with Gasteiger partial charge in [-0.15, -0.1) is 0 Å². The second-order valence-electron chi connectivity index (χ2n) is 6.41. The predicted octanol–water partition coefficient (Wildman–Crippen LogP) is 3.45. The monoisotopic (exact) mass is 402 g/mol. The molecule has 0 aliphatic heterocycles. The number of alkyl halides is 3. The van der Waals surface area contributed by atoms with Gasteiger partial charge >= 0.3 is 6.18 Å². The number of carbonyl (C=O) groups is 2. The highest BCUT2D eigenvalue weighted by Gasteiger charge is 2.33. The largest absolute Gasteiger partial charge is 0.419 e. The van der Waals surface area contributed by atoms with Crippen molar-refractivity contribution in [1.82, 2.24) is 15.2 Å². The first kappa shape index (κ1) is 23.7. The van der Waals surface area contributed by atoms with Crippen molar-refractivity contribution in [3.8, 4) is 0 Å². The molecule has 2 amide bonds. The van der Waals surface area contributed by atoms with Crippen LogP contribution >= 0.6 is 0 Å². The van der Waals surface area contributed by atoms with Gasteiger partial charge in [0.25, 0.3) is 0 Å². The van der Waals surface area contributed by atoms with Gasteiger partial charge in [-0.3, -0.25) is 9.59 Å². The fourth-order valence-electron chi connectivity index (χ4n) is 2.71. The molecule has 1 heterocycles. The number of hydrogen-bond acceptors (Lipinski definition) is 4. The number of carbonyl (C=O) groups excluding carboxylic acids is 2. The lowest BCUT2D eigenvalue weighted by Gasteiger charge is -2.21. The average Bonchev–Trinajstić information content (AvgIpc) is 2.64. The van der Waals surface area contributed by atoms with Crippen molar-refractivity contribution in [3.05, 3.63) is 23.9 Å². The molecule has 1 rings (SSSR count). The standard InChI is InChI=1S/C19H29F3N4O2/c1-3-13-26(14-4-2)17(28)9-5-8-16(27)23-11-12-25-18-15(19(20,21)22)7-6-10-24-18/h6-7,10H,3-5,8-9,11-14H2,1-2H3,(H,23,27)(H,24,25). The molecule has 0 aliphatic rings. The number of nitrogens with one attached hydrogen (secondary N) is 2. The summed E-state index contributed by atoms with van der Waals surface area (Å²) in [5.74, 6) is -0.445. The molecule has 158 valence electrons. The molecule has 0 aliphatic carbocycles. The highest BCUT2D eigenvalue weighted by atomic mass is 19.4. The summed E-state index contributed by atoms with van der Waals surface area (Å²) in [6, 6.07) is 2.17. The van der Waals surface area contributed by atoms with Gasteiger partial charge in [0.05, 0.1) is 5.56 Å². The summed E-state index contributed by atoms with van der Waals surface area (Å²) >= 11 is 0. The lowest BCUT2D eigenvalue weighted by Crippen LogP contribution is -2.33. The van der Waals surface area contributed by atoms with Crippen LogP contribution in [0.1, 0.15) is 51.5 Å². The van der Waals surface area contributed by atoms with Crippen LogP contribution < -0.4 is 10.6 Å². The van der Waals surface area contributed by atoms with Crippen LogP contribution in [0.2, 0.25) is 0 Å². The first-order chi connectivity index (χ1) is 13.3. The van der Waals surface area contributed by atoms with E-state index in [9.17, 15) is 22.8 Å². The van der Waals surface area contributed by atoms with Crippen molar-refractivity contribution in [1.29, 1.82) is 0 Å². The van der Waals surface area contributed by atoms with Gasteiger partial charge in [0.15, 0.2) is 0 Å². The summed E-state index contributed by atoms with van der Waals surface area (Å²) < 4.78 is 38.6. The Morgan fingerprint density at radius 3 is 2.39 bits per heavy atom. The summed E-state index contributed by atoms with van der Waals surface area (Å²) in [4.78, 5) is 29.4. The van der Waals surface area contributed by atoms with Gasteiger partial charge in [-0.2, -0.15) is 13.2 Å². The number of amides is 2. The van der Waals surface area contributed by atoms with E-state index in [0.717, 1.165) is 32.0 Å². The third-order valence-corrected chi connectivity index (χ3v) is 3.99. The fourth-order valence-corrected chi connectivity index (χ4v) is 2.71. The molecule has 0 bridgehead atoms. The molecule has 2 N–H and O–H groups in total. The molecule has 0 aromatic carbocycles. The molecule has 9 heteroatoms. The van der Waals surface area contributed by atoms with E-state index in [1.165, 1.54) is 12.3 Å². The molecule has 0 spiro atoms. The molecular weight excluding hydrogens is 373 g/mol. The quantitative estimate of drug-likeness (QED) is 0.525. The van der Waals surface area contributed by atoms with Crippen LogP contribution in [0.4, 0.5) is 19.0 Å². The Labute approximate surface area is 163 Å². The van der Waals surface area contributed by atoms with Crippen molar-refractivity contribution in [2.24, 2.45) is 0 Å². The van der Waals surface area contributed by atoms with Crippen molar-refractivity contribution in [2.45, 2.75) is 52.1 Å². The zero-order valence-electron chi connectivity index (χ0n) is 16.4. The summed E-state index contributed by atoms with van der Waals surface area (Å²) in [6.45, 7) is 5.75. The van der Waals surface area contributed by atoms with E-state index in [0.29, 0.717) is 12.8 Å². The third kappa shape index (κ3) is 8.58. The van der Waals surface area contributed by atoms with Gasteiger partial charge < -0.3 is 15.5 Å². The number of aromatic nitrogens is 1. The van der Waals surface area contributed by atoms with E-state index in [2.05, 4.69) is 15.6 Å². The van der Waals surface area contributed by atoms with Crippen molar-refractivity contribution in [2.75, 3.05) is 31.5 Å². The van der Waals surface area contributed by atoms with Crippen LogP contribution in [0.5, 0.6) is 0 Å². The molecule has 28 heavy (non-hydrogen) atoms. The van der Waals surface area contributed by atoms with Gasteiger partial charge in [0.1, 0.15) is 5.82 Å². The lowest BCUT2D eigenvalue weighted by atomic mass is 10.2. The van der Waals surface area contributed by atoms with Crippen LogP contribution in [-0.2, 0) is 15.8 Å². The van der Waals surface area contributed by atoms with E-state index in [1.54, 1.807) is 0 Å². The third-order valence-electron chi connectivity index (χ3n) is 3.99. The molecule has 0 radical (unpaired) electrons. The van der Waals surface area contributed by atoms with Gasteiger partial charge in [-0.25, -0.2) is 4.98 Å². The second-order valence-corrected chi connectivity index (χ2v) is 6.41. The molecule has 0 saturated heterocycles. The van der Waals surface area contributed by atoms with Crippen LogP contribution in [0, 0.1) is 0 Å². The van der Waals surface area contributed by atoms with E-state index in [-0.39, 0.29) is 37.1 Å². The topological polar surface area (TPSA) is 74.3 Å². The van der Waals surface area contributed by atoms with Crippen LogP contribution in [0.25, 0.3) is 0 Å². The summed E-state index contributed by atoms with van der Waals surface area (Å²) in [7, 11) is 0. The normalized spacial score (nSPS) is 11.2.